The quantitative estimate of drug-likeness (QED) is 0.167. The molecular formula is C57H39NOS. The summed E-state index contributed by atoms with van der Waals surface area (Å²) in [6.07, 6.45) is 0. The summed E-state index contributed by atoms with van der Waals surface area (Å²) in [6, 6.07) is 73.0. The number of benzene rings is 9. The van der Waals surface area contributed by atoms with E-state index < -0.39 is 0 Å². The van der Waals surface area contributed by atoms with Gasteiger partial charge < -0.3 is 9.32 Å². The molecule has 284 valence electrons. The lowest BCUT2D eigenvalue weighted by molar-refractivity contribution is 0.660. The van der Waals surface area contributed by atoms with E-state index in [2.05, 4.69) is 207 Å². The Morgan fingerprint density at radius 2 is 0.933 bits per heavy atom. The summed E-state index contributed by atoms with van der Waals surface area (Å²) in [5.41, 5.74) is 17.7. The van der Waals surface area contributed by atoms with Crippen LogP contribution in [0.2, 0.25) is 0 Å². The Kier molecular flexibility index (Phi) is 7.79. The third-order valence-electron chi connectivity index (χ3n) is 12.7. The Labute approximate surface area is 353 Å². The van der Waals surface area contributed by atoms with Crippen LogP contribution in [0.25, 0.3) is 86.6 Å². The molecule has 0 amide bonds. The Hall–Kier alpha value is -7.20. The number of furan rings is 1. The van der Waals surface area contributed by atoms with E-state index in [4.69, 9.17) is 4.42 Å². The topological polar surface area (TPSA) is 16.4 Å². The Morgan fingerprint density at radius 1 is 0.400 bits per heavy atom. The lowest BCUT2D eigenvalue weighted by Gasteiger charge is -2.26. The molecule has 2 nitrogen and oxygen atoms in total. The van der Waals surface area contributed by atoms with Crippen LogP contribution in [0.3, 0.4) is 0 Å². The molecule has 0 aliphatic heterocycles. The number of hydrogen-bond acceptors (Lipinski definition) is 3. The molecule has 12 rings (SSSR count). The van der Waals surface area contributed by atoms with Crippen LogP contribution in [0.15, 0.2) is 205 Å². The second kappa shape index (κ2) is 13.4. The van der Waals surface area contributed by atoms with Gasteiger partial charge >= 0.3 is 0 Å². The van der Waals surface area contributed by atoms with Gasteiger partial charge in [0, 0.05) is 59.0 Å². The molecule has 3 heteroatoms. The van der Waals surface area contributed by atoms with E-state index in [0.29, 0.717) is 0 Å². The summed E-state index contributed by atoms with van der Waals surface area (Å²) < 4.78 is 9.08. The molecule has 0 saturated carbocycles. The first kappa shape index (κ1) is 34.8. The van der Waals surface area contributed by atoms with Crippen molar-refractivity contribution in [2.45, 2.75) is 19.3 Å². The fraction of sp³-hybridized carbons (Fsp3) is 0.0526. The molecule has 1 aliphatic carbocycles. The number of hydrogen-bond donors (Lipinski definition) is 0. The van der Waals surface area contributed by atoms with Crippen molar-refractivity contribution in [3.63, 3.8) is 0 Å². The summed E-state index contributed by atoms with van der Waals surface area (Å²) in [5.74, 6) is 0. The number of thiophene rings is 1. The summed E-state index contributed by atoms with van der Waals surface area (Å²) in [4.78, 5) is 2.36. The first-order valence-electron chi connectivity index (χ1n) is 20.7. The highest BCUT2D eigenvalue weighted by atomic mass is 32.1. The molecule has 9 aromatic carbocycles. The van der Waals surface area contributed by atoms with E-state index in [-0.39, 0.29) is 5.41 Å². The lowest BCUT2D eigenvalue weighted by atomic mass is 9.81. The Balaban J connectivity index is 0.937. The monoisotopic (exact) mass is 785 g/mol. The normalized spacial score (nSPS) is 13.0. The predicted octanol–water partition coefficient (Wildman–Crippen LogP) is 16.7. The van der Waals surface area contributed by atoms with Crippen molar-refractivity contribution in [2.24, 2.45) is 0 Å². The highest BCUT2D eigenvalue weighted by Crippen LogP contribution is 2.50. The molecule has 0 unspecified atom stereocenters. The van der Waals surface area contributed by atoms with Crippen LogP contribution in [0.5, 0.6) is 0 Å². The molecule has 0 saturated heterocycles. The van der Waals surface area contributed by atoms with Crippen LogP contribution in [-0.4, -0.2) is 0 Å². The summed E-state index contributed by atoms with van der Waals surface area (Å²) in [6.45, 7) is 4.69. The number of nitrogens with zero attached hydrogens (tertiary/aromatic N) is 1. The maximum Gasteiger partial charge on any atom is 0.143 e. The SMILES string of the molecule is CC1(C)c2ccccc2-c2ccc(-c3ccc(N(c4ccc(-c5cccc6c5oc5ccccc56)cc4)c4ccc(-c5cccc6c5sc5ccccc56)cc4)cc3)cc21. The van der Waals surface area contributed by atoms with Gasteiger partial charge in [0.15, 0.2) is 0 Å². The molecular weight excluding hydrogens is 747 g/mol. The van der Waals surface area contributed by atoms with Crippen molar-refractivity contribution in [3.05, 3.63) is 211 Å². The zero-order valence-electron chi connectivity index (χ0n) is 33.3. The van der Waals surface area contributed by atoms with Gasteiger partial charge in [-0.15, -0.1) is 11.3 Å². The minimum Gasteiger partial charge on any atom is -0.455 e. The van der Waals surface area contributed by atoms with Crippen LogP contribution in [0.1, 0.15) is 25.0 Å². The van der Waals surface area contributed by atoms with Gasteiger partial charge in [-0.1, -0.05) is 159 Å². The molecule has 0 fully saturated rings. The molecule has 2 heterocycles. The van der Waals surface area contributed by atoms with E-state index in [0.717, 1.165) is 50.1 Å². The standard InChI is InChI=1S/C57H39NOS/c1-57(2)51-18-6-3-11-45(51)46-34-27-39(35-52(46)57)36-21-28-40(29-22-36)58(41-30-23-37(24-31-41)43-14-9-16-49-47-12-4-7-19-53(47)59-55(43)49)42-32-25-38(26-33-42)44-15-10-17-50-48-13-5-8-20-54(48)60-56(44)50/h3-35H,1-2H3. The molecule has 0 radical (unpaired) electrons. The predicted molar refractivity (Wildman–Crippen MR) is 255 cm³/mol. The molecule has 0 spiro atoms. The van der Waals surface area contributed by atoms with Crippen molar-refractivity contribution in [2.75, 3.05) is 4.90 Å². The summed E-state index contributed by atoms with van der Waals surface area (Å²) in [5, 5.41) is 4.91. The maximum atomic E-state index is 6.44. The number of para-hydroxylation sites is 2. The fourth-order valence-corrected chi connectivity index (χ4v) is 10.9. The highest BCUT2D eigenvalue weighted by Gasteiger charge is 2.35. The van der Waals surface area contributed by atoms with Crippen LogP contribution in [0, 0.1) is 0 Å². The van der Waals surface area contributed by atoms with E-state index in [1.54, 1.807) is 0 Å². The van der Waals surface area contributed by atoms with E-state index in [1.165, 1.54) is 64.7 Å². The van der Waals surface area contributed by atoms with Gasteiger partial charge in [-0.2, -0.15) is 0 Å². The van der Waals surface area contributed by atoms with Crippen LogP contribution in [-0.2, 0) is 5.41 Å². The fourth-order valence-electron chi connectivity index (χ4n) is 9.66. The summed E-state index contributed by atoms with van der Waals surface area (Å²) in [7, 11) is 0. The van der Waals surface area contributed by atoms with Gasteiger partial charge in [0.2, 0.25) is 0 Å². The molecule has 1 aliphatic rings. The summed E-state index contributed by atoms with van der Waals surface area (Å²) >= 11 is 1.87. The third-order valence-corrected chi connectivity index (χ3v) is 13.9. The van der Waals surface area contributed by atoms with Gasteiger partial charge in [0.05, 0.1) is 0 Å². The second-order valence-corrected chi connectivity index (χ2v) is 17.5. The number of rotatable bonds is 6. The molecule has 0 N–H and O–H groups in total. The zero-order chi connectivity index (χ0) is 40.0. The van der Waals surface area contributed by atoms with Gasteiger partial charge in [0.1, 0.15) is 11.2 Å². The molecule has 2 aromatic heterocycles. The van der Waals surface area contributed by atoms with Gasteiger partial charge in [-0.3, -0.25) is 0 Å². The first-order valence-corrected chi connectivity index (χ1v) is 21.5. The minimum absolute atomic E-state index is 0.0462. The third kappa shape index (κ3) is 5.40. The average molecular weight is 786 g/mol. The van der Waals surface area contributed by atoms with Crippen LogP contribution in [0.4, 0.5) is 17.1 Å². The smallest absolute Gasteiger partial charge is 0.143 e. The van der Waals surface area contributed by atoms with E-state index in [9.17, 15) is 0 Å². The van der Waals surface area contributed by atoms with Crippen molar-refractivity contribution < 1.29 is 4.42 Å². The Bertz CT molecular complexity index is 3280. The van der Waals surface area contributed by atoms with Crippen LogP contribution < -0.4 is 4.90 Å². The van der Waals surface area contributed by atoms with Crippen molar-refractivity contribution >= 4 is 70.5 Å². The molecule has 11 aromatic rings. The number of anilines is 3. The number of fused-ring (bicyclic) bond motifs is 9. The second-order valence-electron chi connectivity index (χ2n) is 16.5. The lowest BCUT2D eigenvalue weighted by Crippen LogP contribution is -2.14. The molecule has 0 atom stereocenters. The van der Waals surface area contributed by atoms with Gasteiger partial charge in [-0.05, 0) is 105 Å². The maximum absolute atomic E-state index is 6.44. The highest BCUT2D eigenvalue weighted by molar-refractivity contribution is 7.26. The minimum atomic E-state index is -0.0462. The van der Waals surface area contributed by atoms with Crippen molar-refractivity contribution in [1.29, 1.82) is 0 Å². The van der Waals surface area contributed by atoms with Gasteiger partial charge in [0.25, 0.3) is 0 Å². The van der Waals surface area contributed by atoms with Crippen molar-refractivity contribution in [3.8, 4) is 44.5 Å². The van der Waals surface area contributed by atoms with E-state index >= 15 is 0 Å². The van der Waals surface area contributed by atoms with Gasteiger partial charge in [-0.25, -0.2) is 0 Å². The van der Waals surface area contributed by atoms with Crippen LogP contribution >= 0.6 is 11.3 Å². The largest absolute Gasteiger partial charge is 0.455 e. The van der Waals surface area contributed by atoms with Crippen molar-refractivity contribution in [1.82, 2.24) is 0 Å². The molecule has 0 bridgehead atoms. The molecule has 60 heavy (non-hydrogen) atoms. The zero-order valence-corrected chi connectivity index (χ0v) is 34.1. The first-order chi connectivity index (χ1) is 29.5. The Morgan fingerprint density at radius 3 is 1.68 bits per heavy atom. The van der Waals surface area contributed by atoms with E-state index in [1.807, 2.05) is 23.5 Å². The average Bonchev–Trinajstić information content (AvgIpc) is 3.95.